The number of phenolic OH excluding ortho intramolecular Hbond substituents is 1. The smallest absolute Gasteiger partial charge is 0.312 e. The van der Waals surface area contributed by atoms with E-state index in [-0.39, 0.29) is 101 Å². The number of nitrogens with one attached hydrogen (secondary N) is 10. The maximum atomic E-state index is 14.9. The molecule has 31 nitrogen and oxygen atoms in total. The van der Waals surface area contributed by atoms with Crippen molar-refractivity contribution in [1.29, 1.82) is 0 Å². The normalized spacial score (nSPS) is 15.2. The molecule has 2 heterocycles. The Morgan fingerprint density at radius 1 is 0.657 bits per heavy atom. The van der Waals surface area contributed by atoms with Crippen molar-refractivity contribution in [2.24, 2.45) is 33.8 Å². The summed E-state index contributed by atoms with van der Waals surface area (Å²) in [6, 6.07) is 13.5. The highest BCUT2D eigenvalue weighted by molar-refractivity contribution is 6.30. The van der Waals surface area contributed by atoms with Gasteiger partial charge in [-0.3, -0.25) is 62.7 Å². The molecule has 0 unspecified atom stereocenters. The lowest BCUT2D eigenvalue weighted by atomic mass is 9.99. The van der Waals surface area contributed by atoms with Crippen molar-refractivity contribution in [1.82, 2.24) is 63.1 Å². The van der Waals surface area contributed by atoms with E-state index < -0.39 is 138 Å². The summed E-state index contributed by atoms with van der Waals surface area (Å²) in [5.74, 6) is -9.82. The molecule has 0 radical (unpaired) electrons. The molecule has 1 aromatic heterocycles. The third kappa shape index (κ3) is 26.0. The van der Waals surface area contributed by atoms with Crippen molar-refractivity contribution >= 4 is 99.3 Å². The Morgan fingerprint density at radius 2 is 1.19 bits per heavy atom. The number of aliphatic hydroxyl groups is 1. The predicted octanol–water partition coefficient (Wildman–Crippen LogP) is -0.716. The number of nitrogens with zero attached hydrogens (tertiary/aromatic N) is 3. The summed E-state index contributed by atoms with van der Waals surface area (Å²) in [7, 11) is 0. The Kier molecular flexibility index (Phi) is 31.2. The summed E-state index contributed by atoms with van der Waals surface area (Å²) in [5.41, 5.74) is 23.9. The van der Waals surface area contributed by atoms with Crippen LogP contribution in [0, 0.1) is 5.92 Å². The van der Waals surface area contributed by atoms with Gasteiger partial charge in [-0.15, -0.1) is 0 Å². The van der Waals surface area contributed by atoms with E-state index in [9.17, 15) is 67.7 Å². The molecule has 102 heavy (non-hydrogen) atoms. The molecule has 0 spiro atoms. The number of aromatic hydroxyl groups is 1. The second-order valence-electron chi connectivity index (χ2n) is 25.4. The van der Waals surface area contributed by atoms with Gasteiger partial charge in [0, 0.05) is 69.7 Å². The molecule has 20 N–H and O–H groups in total. The fourth-order valence-electron chi connectivity index (χ4n) is 11.4. The number of rotatable bonds is 38. The maximum absolute atomic E-state index is 14.9. The van der Waals surface area contributed by atoms with Gasteiger partial charge in [0.15, 0.2) is 5.96 Å². The van der Waals surface area contributed by atoms with Crippen molar-refractivity contribution in [3.8, 4) is 5.75 Å². The number of hydrogen-bond acceptors (Lipinski definition) is 16. The SMILES string of the molecule is CC(=O)N[C@H](Cc1ccc2ccccc2c1)C(=O)N[C@H](Cc1ccc(Cl)cc1)C(=O)N[C@H](Cc1cccnc1)C(=O)N[C@@H](CO)C(=O)N[C@@H](Cc1ccc(O)cc1)C(=O)N[C@H](CCCNC(N)=O)C(=O)N[C@@H](CC(C)C)C(=O)N[14C@@H]([14CH2][14CH2][14CH2]N=[14C](N)N)[14C](=O)N1CCC[C@H]1C(=O)N[C@H](C)C(N)=O. The summed E-state index contributed by atoms with van der Waals surface area (Å²) in [6.45, 7) is 5.15. The lowest BCUT2D eigenvalue weighted by molar-refractivity contribution is -0.142. The van der Waals surface area contributed by atoms with Gasteiger partial charge in [0.05, 0.1) is 6.61 Å². The number of pyridine rings is 1. The topological polar surface area (TPSA) is 498 Å². The summed E-state index contributed by atoms with van der Waals surface area (Å²) in [5, 5.41) is 49.5. The number of amides is 13. The fourth-order valence-corrected chi connectivity index (χ4v) is 11.5. The van der Waals surface area contributed by atoms with E-state index in [2.05, 4.69) is 63.1 Å². The number of guanidine groups is 1. The first kappa shape index (κ1) is 80.0. The zero-order chi connectivity index (χ0) is 74.6. The number of benzene rings is 4. The van der Waals surface area contributed by atoms with Crippen LogP contribution >= 0.6 is 11.6 Å². The number of carbonyl (C=O) groups is 12. The van der Waals surface area contributed by atoms with E-state index in [0.717, 1.165) is 10.8 Å². The van der Waals surface area contributed by atoms with Crippen LogP contribution in [0.2, 0.25) is 5.02 Å². The van der Waals surface area contributed by atoms with Crippen molar-refractivity contribution in [3.63, 3.8) is 0 Å². The lowest BCUT2D eigenvalue weighted by Gasteiger charge is -2.31. The molecule has 1 fully saturated rings. The highest BCUT2D eigenvalue weighted by atomic mass is 35.5. The second-order valence-corrected chi connectivity index (χ2v) is 25.8. The average Bonchev–Trinajstić information content (AvgIpc) is 1.13. The molecule has 1 aliphatic rings. The Bertz CT molecular complexity index is 3770. The highest BCUT2D eigenvalue weighted by Gasteiger charge is 2.40. The molecule has 10 atom stereocenters. The molecule has 32 heteroatoms. The summed E-state index contributed by atoms with van der Waals surface area (Å²) >= 11 is 6.23. The number of carbonyl (C=O) groups excluding carboxylic acids is 12. The molecule has 0 saturated carbocycles. The number of primary amides is 2. The third-order valence-corrected chi connectivity index (χ3v) is 16.9. The molecular weight excluding hydrogens is 1350 g/mol. The predicted molar refractivity (Wildman–Crippen MR) is 378 cm³/mol. The summed E-state index contributed by atoms with van der Waals surface area (Å²) in [6.07, 6.45) is 2.70. The molecule has 548 valence electrons. The van der Waals surface area contributed by atoms with Crippen LogP contribution in [-0.2, 0) is 78.4 Å². The Hall–Kier alpha value is -10.9. The first-order valence-corrected chi connectivity index (χ1v) is 33.8. The van der Waals surface area contributed by atoms with Gasteiger partial charge in [0.25, 0.3) is 0 Å². The highest BCUT2D eigenvalue weighted by Crippen LogP contribution is 2.22. The van der Waals surface area contributed by atoms with Gasteiger partial charge in [-0.05, 0) is 121 Å². The summed E-state index contributed by atoms with van der Waals surface area (Å²) < 4.78 is 0. The number of aromatic nitrogens is 1. The number of halogens is 1. The Morgan fingerprint density at radius 3 is 1.75 bits per heavy atom. The largest absolute Gasteiger partial charge is 0.508 e. The molecule has 1 aliphatic heterocycles. The van der Waals surface area contributed by atoms with Crippen LogP contribution in [-0.4, -0.2) is 184 Å². The van der Waals surface area contributed by atoms with Crippen LogP contribution in [0.3, 0.4) is 0 Å². The van der Waals surface area contributed by atoms with Crippen molar-refractivity contribution in [3.05, 3.63) is 143 Å². The Labute approximate surface area is 595 Å². The quantitative estimate of drug-likeness (QED) is 0.0132. The number of nitrogens with two attached hydrogens (primary N) is 4. The second kappa shape index (κ2) is 39.7. The van der Waals surface area contributed by atoms with E-state index in [0.29, 0.717) is 33.7 Å². The van der Waals surface area contributed by atoms with E-state index in [4.69, 9.17) is 34.5 Å². The number of aliphatic hydroxyl groups excluding tert-OH is 1. The third-order valence-electron chi connectivity index (χ3n) is 16.7. The number of urea groups is 1. The first-order chi connectivity index (χ1) is 48.6. The van der Waals surface area contributed by atoms with Gasteiger partial charge in [0.2, 0.25) is 65.0 Å². The molecule has 0 bridgehead atoms. The van der Waals surface area contributed by atoms with Crippen molar-refractivity contribution in [2.75, 3.05) is 26.2 Å². The van der Waals surface area contributed by atoms with Gasteiger partial charge in [-0.25, -0.2) is 4.79 Å². The van der Waals surface area contributed by atoms with E-state index >= 15 is 0 Å². The van der Waals surface area contributed by atoms with Gasteiger partial charge in [0.1, 0.15) is 66.2 Å². The van der Waals surface area contributed by atoms with Gasteiger partial charge >= 0.3 is 6.03 Å². The van der Waals surface area contributed by atoms with Gasteiger partial charge in [-0.1, -0.05) is 98.2 Å². The van der Waals surface area contributed by atoms with Crippen LogP contribution in [0.15, 0.2) is 121 Å². The standard InChI is InChI=1S/C70H92ClN17O14/c1-39(2)31-52(61(94)82-51(15-9-28-77-69(73)74)68(101)88-30-10-16-58(88)67(100)79-40(3)59(72)92)83-60(93)50(14-8-29-78-70(75)102)81-63(96)54(34-43-20-25-49(91)26-21-43)86-66(99)57(38-89)87-65(98)56(36-45-11-7-27-76-37-45)85-64(97)55(33-42-18-23-48(71)24-19-42)84-62(95)53(80-41(4)90)35-44-17-22-46-12-5-6-13-47(46)32-44/h5-7,11-13,17-27,32,37,39-40,50-58,89,91H,8-10,14-16,28-31,33-36,38H2,1-4H3,(H2,72,92)(H,79,100)(H,80,90)(H,81,96)(H,82,94)(H,83,93)(H,84,95)(H,85,97)(H,86,99)(H,87,98)(H4,73,74,77)(H3,75,78,102)/t40-,50-,51+,52+,53-,54+,55-,56-,57+,58+/m1/s1/i9+2,15+2,28+2,51+2,68+2,69+2. The van der Waals surface area contributed by atoms with E-state index in [1.54, 1.807) is 50.2 Å². The molecule has 13 amide bonds. The maximum Gasteiger partial charge on any atom is 0.312 e. The van der Waals surface area contributed by atoms with Gasteiger partial charge in [-0.2, -0.15) is 0 Å². The first-order valence-electron chi connectivity index (χ1n) is 33.5. The van der Waals surface area contributed by atoms with Crippen molar-refractivity contribution in [2.45, 2.75) is 159 Å². The molecule has 0 aliphatic carbocycles. The van der Waals surface area contributed by atoms with Crippen LogP contribution in [0.4, 0.5) is 4.79 Å². The Balaban J connectivity index is 1.26. The minimum atomic E-state index is -1.85. The molecule has 4 aromatic carbocycles. The minimum Gasteiger partial charge on any atom is -0.508 e. The van der Waals surface area contributed by atoms with Crippen molar-refractivity contribution < 1.29 is 67.7 Å². The van der Waals surface area contributed by atoms with E-state index in [1.807, 2.05) is 42.5 Å². The fraction of sp³-hybridized carbons (Fsp3) is 0.429. The lowest BCUT2D eigenvalue weighted by Crippen LogP contribution is -2.61. The summed E-state index contributed by atoms with van der Waals surface area (Å²) in [4.78, 5) is 176. The monoisotopic (exact) mass is 1440 g/mol. The molecule has 6 rings (SSSR count). The number of fused-ring (bicyclic) bond motifs is 1. The molecule has 1 saturated heterocycles. The van der Waals surface area contributed by atoms with Crippen LogP contribution in [0.5, 0.6) is 5.75 Å². The zero-order valence-electron chi connectivity index (χ0n) is 57.2. The van der Waals surface area contributed by atoms with Crippen LogP contribution in [0.1, 0.15) is 94.9 Å². The molecular formula is C70H92ClN17O14. The van der Waals surface area contributed by atoms with Crippen LogP contribution < -0.4 is 76.1 Å². The number of hydrogen-bond donors (Lipinski definition) is 16. The number of aliphatic imine (C=N–C) groups is 1. The van der Waals surface area contributed by atoms with Crippen LogP contribution in [0.25, 0.3) is 10.8 Å². The number of phenols is 1. The zero-order valence-corrected chi connectivity index (χ0v) is 58.0. The molecule has 5 aromatic rings. The average molecular weight is 1440 g/mol. The minimum absolute atomic E-state index is 0.000209. The van der Waals surface area contributed by atoms with E-state index in [1.165, 1.54) is 55.4 Å². The van der Waals surface area contributed by atoms with Gasteiger partial charge < -0.3 is 91.2 Å². The number of likely N-dealkylation sites (tertiary alicyclic amines) is 1.